The summed E-state index contributed by atoms with van der Waals surface area (Å²) in [4.78, 5) is 12.7. The van der Waals surface area contributed by atoms with Gasteiger partial charge < -0.3 is 10.1 Å². The van der Waals surface area contributed by atoms with Gasteiger partial charge in [-0.25, -0.2) is 4.39 Å². The molecule has 32 heavy (non-hydrogen) atoms. The number of ether oxygens (including phenoxy) is 1. The maximum atomic E-state index is 13.6. The molecule has 0 bridgehead atoms. The molecule has 162 valence electrons. The number of nitriles is 1. The number of anilines is 1. The van der Waals surface area contributed by atoms with Gasteiger partial charge in [0.15, 0.2) is 0 Å². The predicted molar refractivity (Wildman–Crippen MR) is 133 cm³/mol. The molecular weight excluding hydrogens is 518 g/mol. The second-order valence-electron chi connectivity index (χ2n) is 7.12. The Morgan fingerprint density at radius 1 is 1.19 bits per heavy atom. The number of amides is 1. The van der Waals surface area contributed by atoms with Crippen LogP contribution in [0.15, 0.2) is 66.2 Å². The van der Waals surface area contributed by atoms with Gasteiger partial charge in [0.1, 0.15) is 23.2 Å². The summed E-state index contributed by atoms with van der Waals surface area (Å²) < 4.78 is 20.0. The molecule has 0 saturated heterocycles. The summed E-state index contributed by atoms with van der Waals surface area (Å²) in [6.45, 7) is 2.01. The first kappa shape index (κ1) is 23.5. The van der Waals surface area contributed by atoms with Crippen LogP contribution in [-0.4, -0.2) is 13.0 Å². The van der Waals surface area contributed by atoms with Gasteiger partial charge in [0.2, 0.25) is 0 Å². The minimum atomic E-state index is -0.466. The fourth-order valence-corrected chi connectivity index (χ4v) is 4.19. The second kappa shape index (κ2) is 10.9. The molecule has 0 aromatic heterocycles. The molecule has 4 nitrogen and oxygen atoms in total. The molecule has 0 radical (unpaired) electrons. The zero-order valence-electron chi connectivity index (χ0n) is 17.8. The Morgan fingerprint density at radius 3 is 2.66 bits per heavy atom. The number of hydrogen-bond donors (Lipinski definition) is 1. The second-order valence-corrected chi connectivity index (χ2v) is 8.29. The quantitative estimate of drug-likeness (QED) is 0.223. The van der Waals surface area contributed by atoms with Gasteiger partial charge in [-0.3, -0.25) is 4.79 Å². The SMILES string of the molecule is CCc1ccccc1NC(=O)/C(C#N)=C/c1cc(I)c(Cc2cccc(F)c2)c(OC)c1. The maximum absolute atomic E-state index is 13.6. The van der Waals surface area contributed by atoms with E-state index < -0.39 is 5.91 Å². The molecule has 0 saturated carbocycles. The van der Waals surface area contributed by atoms with Crippen LogP contribution in [-0.2, 0) is 17.6 Å². The molecule has 3 rings (SSSR count). The van der Waals surface area contributed by atoms with Crippen molar-refractivity contribution in [3.63, 3.8) is 0 Å². The van der Waals surface area contributed by atoms with Crippen molar-refractivity contribution in [3.8, 4) is 11.8 Å². The lowest BCUT2D eigenvalue weighted by Crippen LogP contribution is -2.14. The molecule has 1 N–H and O–H groups in total. The van der Waals surface area contributed by atoms with Crippen LogP contribution in [0.2, 0.25) is 0 Å². The molecule has 6 heteroatoms. The zero-order chi connectivity index (χ0) is 23.1. The lowest BCUT2D eigenvalue weighted by molar-refractivity contribution is -0.112. The lowest BCUT2D eigenvalue weighted by atomic mass is 10.0. The zero-order valence-corrected chi connectivity index (χ0v) is 19.9. The van der Waals surface area contributed by atoms with E-state index in [0.29, 0.717) is 23.4 Å². The topological polar surface area (TPSA) is 62.1 Å². The molecule has 0 aliphatic rings. The van der Waals surface area contributed by atoms with Crippen molar-refractivity contribution in [2.24, 2.45) is 0 Å². The van der Waals surface area contributed by atoms with Gasteiger partial charge in [0, 0.05) is 21.2 Å². The lowest BCUT2D eigenvalue weighted by Gasteiger charge is -2.13. The molecule has 0 heterocycles. The van der Waals surface area contributed by atoms with E-state index in [2.05, 4.69) is 27.9 Å². The number of aryl methyl sites for hydroxylation is 1. The first-order chi connectivity index (χ1) is 15.4. The number of hydrogen-bond acceptors (Lipinski definition) is 3. The van der Waals surface area contributed by atoms with Gasteiger partial charge in [-0.2, -0.15) is 5.26 Å². The maximum Gasteiger partial charge on any atom is 0.266 e. The van der Waals surface area contributed by atoms with Crippen molar-refractivity contribution < 1.29 is 13.9 Å². The fraction of sp³-hybridized carbons (Fsp3) is 0.154. The number of para-hydroxylation sites is 1. The van der Waals surface area contributed by atoms with Crippen LogP contribution in [0.5, 0.6) is 5.75 Å². The van der Waals surface area contributed by atoms with Gasteiger partial charge in [-0.05, 0) is 82.1 Å². The van der Waals surface area contributed by atoms with E-state index in [1.165, 1.54) is 12.1 Å². The monoisotopic (exact) mass is 540 g/mol. The smallest absolute Gasteiger partial charge is 0.266 e. The normalized spacial score (nSPS) is 11.0. The molecule has 0 aliphatic heterocycles. The number of methoxy groups -OCH3 is 1. The van der Waals surface area contributed by atoms with E-state index in [4.69, 9.17) is 4.74 Å². The van der Waals surface area contributed by atoms with Gasteiger partial charge >= 0.3 is 0 Å². The van der Waals surface area contributed by atoms with Gasteiger partial charge in [-0.1, -0.05) is 37.3 Å². The summed E-state index contributed by atoms with van der Waals surface area (Å²) >= 11 is 2.19. The van der Waals surface area contributed by atoms with E-state index in [0.717, 1.165) is 26.7 Å². The predicted octanol–water partition coefficient (Wildman–Crippen LogP) is 6.14. The van der Waals surface area contributed by atoms with Crippen molar-refractivity contribution in [1.29, 1.82) is 5.26 Å². The molecule has 0 aliphatic carbocycles. The van der Waals surface area contributed by atoms with Crippen LogP contribution in [0.1, 0.15) is 29.2 Å². The van der Waals surface area contributed by atoms with E-state index in [-0.39, 0.29) is 11.4 Å². The minimum Gasteiger partial charge on any atom is -0.496 e. The first-order valence-corrected chi connectivity index (χ1v) is 11.1. The summed E-state index contributed by atoms with van der Waals surface area (Å²) in [6.07, 6.45) is 2.81. The third kappa shape index (κ3) is 5.74. The molecule has 3 aromatic carbocycles. The van der Waals surface area contributed by atoms with Crippen LogP contribution in [0.25, 0.3) is 6.08 Å². The van der Waals surface area contributed by atoms with Gasteiger partial charge in [0.05, 0.1) is 7.11 Å². The van der Waals surface area contributed by atoms with Crippen LogP contribution in [0, 0.1) is 20.7 Å². The Morgan fingerprint density at radius 2 is 1.97 bits per heavy atom. The Balaban J connectivity index is 1.90. The highest BCUT2D eigenvalue weighted by Crippen LogP contribution is 2.30. The molecule has 0 fully saturated rings. The highest BCUT2D eigenvalue weighted by Gasteiger charge is 2.14. The summed E-state index contributed by atoms with van der Waals surface area (Å²) in [5, 5.41) is 12.4. The molecule has 1 amide bonds. The number of carbonyl (C=O) groups is 1. The molecule has 0 atom stereocenters. The molecule has 0 unspecified atom stereocenters. The molecule has 0 spiro atoms. The fourth-order valence-electron chi connectivity index (χ4n) is 3.37. The first-order valence-electron chi connectivity index (χ1n) is 10.1. The average Bonchev–Trinajstić information content (AvgIpc) is 2.79. The molecule has 3 aromatic rings. The van der Waals surface area contributed by atoms with E-state index >= 15 is 0 Å². The van der Waals surface area contributed by atoms with Gasteiger partial charge in [-0.15, -0.1) is 0 Å². The number of halogens is 2. The van der Waals surface area contributed by atoms with E-state index in [1.807, 2.05) is 49.4 Å². The number of nitrogens with one attached hydrogen (secondary N) is 1. The Hall–Kier alpha value is -3.18. The van der Waals surface area contributed by atoms with Crippen molar-refractivity contribution >= 4 is 40.3 Å². The van der Waals surface area contributed by atoms with Crippen LogP contribution >= 0.6 is 22.6 Å². The van der Waals surface area contributed by atoms with Crippen molar-refractivity contribution in [3.05, 3.63) is 97.9 Å². The number of rotatable bonds is 7. The average molecular weight is 540 g/mol. The number of carbonyl (C=O) groups excluding carboxylic acids is 1. The summed E-state index contributed by atoms with van der Waals surface area (Å²) in [5.74, 6) is -0.141. The van der Waals surface area contributed by atoms with Crippen molar-refractivity contribution in [1.82, 2.24) is 0 Å². The standard InChI is InChI=1S/C26H22FIN2O2/c1-3-19-8-4-5-10-24(19)30-26(31)20(16-29)11-18-14-23(28)22(25(15-18)32-2)13-17-7-6-9-21(27)12-17/h4-12,14-15H,3,13H2,1-2H3,(H,30,31)/b20-11+. The summed E-state index contributed by atoms with van der Waals surface area (Å²) in [5.41, 5.74) is 4.10. The third-order valence-corrected chi connectivity index (χ3v) is 5.95. The van der Waals surface area contributed by atoms with Crippen LogP contribution in [0.3, 0.4) is 0 Å². The van der Waals surface area contributed by atoms with Crippen molar-refractivity contribution in [2.45, 2.75) is 19.8 Å². The highest BCUT2D eigenvalue weighted by atomic mass is 127. The van der Waals surface area contributed by atoms with E-state index in [9.17, 15) is 14.4 Å². The Labute approximate surface area is 200 Å². The highest BCUT2D eigenvalue weighted by molar-refractivity contribution is 14.1. The Kier molecular flexibility index (Phi) is 8.01. The van der Waals surface area contributed by atoms with Gasteiger partial charge in [0.25, 0.3) is 5.91 Å². The minimum absolute atomic E-state index is 0.00774. The van der Waals surface area contributed by atoms with Crippen LogP contribution < -0.4 is 10.1 Å². The third-order valence-electron chi connectivity index (χ3n) is 4.99. The summed E-state index contributed by atoms with van der Waals surface area (Å²) in [6, 6.07) is 19.6. The van der Waals surface area contributed by atoms with Crippen molar-refractivity contribution in [2.75, 3.05) is 12.4 Å². The Bertz CT molecular complexity index is 1210. The summed E-state index contributed by atoms with van der Waals surface area (Å²) in [7, 11) is 1.56. The van der Waals surface area contributed by atoms with E-state index in [1.54, 1.807) is 25.3 Å². The van der Waals surface area contributed by atoms with Crippen LogP contribution in [0.4, 0.5) is 10.1 Å². The molecular formula is C26H22FIN2O2. The number of benzene rings is 3. The number of nitrogens with zero attached hydrogens (tertiary/aromatic N) is 1. The largest absolute Gasteiger partial charge is 0.496 e.